The van der Waals surface area contributed by atoms with Crippen molar-refractivity contribution in [3.05, 3.63) is 125 Å². The smallest absolute Gasteiger partial charge is 0.174 e. The van der Waals surface area contributed by atoms with E-state index in [4.69, 9.17) is 5.73 Å². The van der Waals surface area contributed by atoms with Gasteiger partial charge in [0.1, 0.15) is 0 Å². The van der Waals surface area contributed by atoms with Crippen LogP contribution in [-0.4, -0.2) is 18.9 Å². The van der Waals surface area contributed by atoms with Crippen molar-refractivity contribution in [3.63, 3.8) is 0 Å². The lowest BCUT2D eigenvalue weighted by molar-refractivity contribution is -0.113. The Bertz CT molecular complexity index is 1300. The summed E-state index contributed by atoms with van der Waals surface area (Å²) >= 11 is 0. The minimum Gasteiger partial charge on any atom is -0.383 e. The van der Waals surface area contributed by atoms with Crippen LogP contribution >= 0.6 is 0 Å². The SMILES string of the molecule is NCC1C=C(Cc2ccccc2)c2ccc3c(c2C1)CCc1ccccc1-3.O=C1C=CC=CNC1. The van der Waals surface area contributed by atoms with Crippen molar-refractivity contribution >= 4 is 11.4 Å². The number of fused-ring (bicyclic) bond motifs is 5. The number of rotatable bonds is 3. The fourth-order valence-electron chi connectivity index (χ4n) is 5.35. The number of hydrogen-bond donors (Lipinski definition) is 2. The molecule has 35 heavy (non-hydrogen) atoms. The van der Waals surface area contributed by atoms with Crippen LogP contribution in [0, 0.1) is 5.92 Å². The first-order valence-corrected chi connectivity index (χ1v) is 12.5. The minimum absolute atomic E-state index is 0.120. The fraction of sp³-hybridized carbons (Fsp3) is 0.219. The summed E-state index contributed by atoms with van der Waals surface area (Å²) in [6.07, 6.45) is 13.6. The molecule has 3 heteroatoms. The molecule has 3 aromatic carbocycles. The van der Waals surface area contributed by atoms with E-state index in [2.05, 4.69) is 78.1 Å². The maximum absolute atomic E-state index is 10.5. The molecule has 0 bridgehead atoms. The van der Waals surface area contributed by atoms with Crippen LogP contribution in [-0.2, 0) is 30.5 Å². The van der Waals surface area contributed by atoms with E-state index in [0.717, 1.165) is 32.2 Å². The Morgan fingerprint density at radius 1 is 0.829 bits per heavy atom. The molecular formula is C32H32N2O. The Balaban J connectivity index is 0.000000271. The number of nitrogens with one attached hydrogen (secondary N) is 1. The molecule has 0 aromatic heterocycles. The summed E-state index contributed by atoms with van der Waals surface area (Å²) in [6, 6.07) is 24.4. The van der Waals surface area contributed by atoms with Crippen LogP contribution in [0.25, 0.3) is 16.7 Å². The van der Waals surface area contributed by atoms with E-state index in [1.165, 1.54) is 33.4 Å². The Morgan fingerprint density at radius 3 is 2.49 bits per heavy atom. The first-order chi connectivity index (χ1) is 17.2. The van der Waals surface area contributed by atoms with Crippen LogP contribution in [0.5, 0.6) is 0 Å². The Kier molecular flexibility index (Phi) is 7.06. The molecule has 1 aliphatic heterocycles. The lowest BCUT2D eigenvalue weighted by atomic mass is 9.75. The van der Waals surface area contributed by atoms with Crippen LogP contribution in [0.15, 0.2) is 97.2 Å². The highest BCUT2D eigenvalue weighted by Gasteiger charge is 2.26. The second kappa shape index (κ2) is 10.7. The van der Waals surface area contributed by atoms with Crippen molar-refractivity contribution < 1.29 is 4.79 Å². The molecule has 6 rings (SSSR count). The van der Waals surface area contributed by atoms with Crippen molar-refractivity contribution in [2.45, 2.75) is 25.7 Å². The number of aryl methyl sites for hydroxylation is 1. The average Bonchev–Trinajstić information content (AvgIpc) is 3.16. The first kappa shape index (κ1) is 23.1. The third-order valence-corrected chi connectivity index (χ3v) is 7.06. The number of nitrogens with two attached hydrogens (primary N) is 1. The highest BCUT2D eigenvalue weighted by atomic mass is 16.1. The molecule has 0 fully saturated rings. The molecular weight excluding hydrogens is 428 g/mol. The van der Waals surface area contributed by atoms with Crippen LogP contribution in [0.1, 0.15) is 27.8 Å². The summed E-state index contributed by atoms with van der Waals surface area (Å²) in [5.74, 6) is 0.565. The van der Waals surface area contributed by atoms with Crippen LogP contribution < -0.4 is 11.1 Å². The van der Waals surface area contributed by atoms with Crippen molar-refractivity contribution in [1.82, 2.24) is 5.32 Å². The lowest BCUT2D eigenvalue weighted by Crippen LogP contribution is -2.22. The van der Waals surface area contributed by atoms with Gasteiger partial charge in [-0.25, -0.2) is 0 Å². The third kappa shape index (κ3) is 5.21. The summed E-state index contributed by atoms with van der Waals surface area (Å²) in [6.45, 7) is 1.14. The predicted octanol–water partition coefficient (Wildman–Crippen LogP) is 5.44. The van der Waals surface area contributed by atoms with E-state index in [-0.39, 0.29) is 5.78 Å². The number of hydrogen-bond acceptors (Lipinski definition) is 3. The quantitative estimate of drug-likeness (QED) is 0.547. The van der Waals surface area contributed by atoms with Gasteiger partial charge in [0.2, 0.25) is 0 Å². The molecule has 0 saturated carbocycles. The molecule has 0 saturated heterocycles. The van der Waals surface area contributed by atoms with Gasteiger partial charge in [0.05, 0.1) is 6.54 Å². The van der Waals surface area contributed by atoms with Gasteiger partial charge >= 0.3 is 0 Å². The first-order valence-electron chi connectivity index (χ1n) is 12.5. The largest absolute Gasteiger partial charge is 0.383 e. The Hall–Kier alpha value is -3.69. The van der Waals surface area contributed by atoms with Crippen LogP contribution in [0.4, 0.5) is 0 Å². The zero-order valence-corrected chi connectivity index (χ0v) is 20.0. The van der Waals surface area contributed by atoms with Gasteiger partial charge in [-0.1, -0.05) is 78.9 Å². The maximum atomic E-state index is 10.5. The van der Waals surface area contributed by atoms with Crippen molar-refractivity contribution in [1.29, 1.82) is 0 Å². The zero-order valence-electron chi connectivity index (χ0n) is 20.0. The predicted molar refractivity (Wildman–Crippen MR) is 145 cm³/mol. The monoisotopic (exact) mass is 460 g/mol. The summed E-state index contributed by atoms with van der Waals surface area (Å²) in [4.78, 5) is 10.5. The topological polar surface area (TPSA) is 55.1 Å². The summed E-state index contributed by atoms with van der Waals surface area (Å²) < 4.78 is 0. The highest BCUT2D eigenvalue weighted by Crippen LogP contribution is 2.41. The fourth-order valence-corrected chi connectivity index (χ4v) is 5.35. The van der Waals surface area contributed by atoms with Crippen molar-refractivity contribution in [2.24, 2.45) is 11.7 Å². The lowest BCUT2D eigenvalue weighted by Gasteiger charge is -2.30. The van der Waals surface area contributed by atoms with Gasteiger partial charge in [0.15, 0.2) is 5.78 Å². The van der Waals surface area contributed by atoms with Gasteiger partial charge in [-0.2, -0.15) is 0 Å². The molecule has 3 aliphatic rings. The van der Waals surface area contributed by atoms with Crippen molar-refractivity contribution in [2.75, 3.05) is 13.1 Å². The molecule has 1 unspecified atom stereocenters. The second-order valence-corrected chi connectivity index (χ2v) is 9.39. The Morgan fingerprint density at radius 2 is 1.63 bits per heavy atom. The van der Waals surface area contributed by atoms with Crippen molar-refractivity contribution in [3.8, 4) is 11.1 Å². The number of allylic oxidation sites excluding steroid dienone is 3. The van der Waals surface area contributed by atoms with E-state index < -0.39 is 0 Å². The average molecular weight is 461 g/mol. The summed E-state index contributed by atoms with van der Waals surface area (Å²) in [7, 11) is 0. The van der Waals surface area contributed by atoms with Gasteiger partial charge in [0, 0.05) is 0 Å². The molecule has 3 N–H and O–H groups in total. The van der Waals surface area contributed by atoms with E-state index >= 15 is 0 Å². The number of carbonyl (C=O) groups is 1. The molecule has 0 spiro atoms. The molecule has 176 valence electrons. The van der Waals surface area contributed by atoms with E-state index in [9.17, 15) is 4.79 Å². The second-order valence-electron chi connectivity index (χ2n) is 9.39. The third-order valence-electron chi connectivity index (χ3n) is 7.06. The molecule has 3 aromatic rings. The highest BCUT2D eigenvalue weighted by molar-refractivity contribution is 5.92. The van der Waals surface area contributed by atoms with Gasteiger partial charge in [-0.3, -0.25) is 4.79 Å². The van der Waals surface area contributed by atoms with Gasteiger partial charge in [-0.05, 0) is 101 Å². The standard InChI is InChI=1S/C26H25N.C6H7NO/c27-17-19-15-21(14-18-6-2-1-3-7-18)23-12-13-24-22-9-5-4-8-20(22)10-11-25(24)26(23)16-19;8-6-3-1-2-4-7-5-6/h1-9,12-13,15,19H,10-11,14,16-17,27H2;1-4,7H,5H2. The van der Waals surface area contributed by atoms with Crippen LogP contribution in [0.2, 0.25) is 0 Å². The molecule has 0 radical (unpaired) electrons. The van der Waals surface area contributed by atoms with Gasteiger partial charge < -0.3 is 11.1 Å². The zero-order chi connectivity index (χ0) is 24.0. The molecule has 1 atom stereocenters. The molecule has 0 amide bonds. The Labute approximate surface area is 208 Å². The normalized spacial score (nSPS) is 17.6. The van der Waals surface area contributed by atoms with Crippen LogP contribution in [0.3, 0.4) is 0 Å². The number of carbonyl (C=O) groups excluding carboxylic acids is 1. The van der Waals surface area contributed by atoms with E-state index in [1.807, 2.05) is 0 Å². The summed E-state index contributed by atoms with van der Waals surface area (Å²) in [5.41, 5.74) is 17.8. The molecule has 1 heterocycles. The minimum atomic E-state index is 0.120. The van der Waals surface area contributed by atoms with E-state index in [1.54, 1.807) is 35.6 Å². The maximum Gasteiger partial charge on any atom is 0.174 e. The molecule has 3 nitrogen and oxygen atoms in total. The van der Waals surface area contributed by atoms with Gasteiger partial charge in [0.25, 0.3) is 0 Å². The number of benzene rings is 3. The number of ketones is 1. The van der Waals surface area contributed by atoms with E-state index in [0.29, 0.717) is 12.5 Å². The molecule has 2 aliphatic carbocycles. The summed E-state index contributed by atoms with van der Waals surface area (Å²) in [5, 5.41) is 2.80. The van der Waals surface area contributed by atoms with Gasteiger partial charge in [-0.15, -0.1) is 0 Å².